The highest BCUT2D eigenvalue weighted by molar-refractivity contribution is 9.10. The van der Waals surface area contributed by atoms with E-state index in [0.717, 1.165) is 29.3 Å². The standard InChI is InChI=1S/C28H25BrO2S/c29-24-14-10-20(11-15-24)5-4-18-32(30,31)19-23-8-3-7-22-13-16-26-25-9-2-1-6-21(25)12-17-27(26)28(22)23/h1-2,4-6,9-17,23H,3,7-8,18-19H2. The van der Waals surface area contributed by atoms with Crippen molar-refractivity contribution in [2.75, 3.05) is 11.5 Å². The van der Waals surface area contributed by atoms with Gasteiger partial charge in [0.25, 0.3) is 0 Å². The third-order valence-electron chi connectivity index (χ3n) is 6.45. The fourth-order valence-electron chi connectivity index (χ4n) is 4.99. The molecule has 0 N–H and O–H groups in total. The molecule has 0 aromatic heterocycles. The lowest BCUT2D eigenvalue weighted by molar-refractivity contribution is 0.563. The number of aryl methyl sites for hydroxylation is 1. The first kappa shape index (κ1) is 21.4. The lowest BCUT2D eigenvalue weighted by atomic mass is 9.80. The fraction of sp³-hybridized carbons (Fsp3) is 0.214. The van der Waals surface area contributed by atoms with Crippen LogP contribution in [0.1, 0.15) is 35.4 Å². The van der Waals surface area contributed by atoms with Crippen LogP contribution < -0.4 is 0 Å². The number of rotatable bonds is 5. The molecule has 0 saturated heterocycles. The van der Waals surface area contributed by atoms with Gasteiger partial charge in [-0.2, -0.15) is 0 Å². The molecule has 0 aliphatic heterocycles. The van der Waals surface area contributed by atoms with Gasteiger partial charge in [-0.25, -0.2) is 8.42 Å². The smallest absolute Gasteiger partial charge is 0.154 e. The molecule has 5 rings (SSSR count). The summed E-state index contributed by atoms with van der Waals surface area (Å²) in [4.78, 5) is 0. The third kappa shape index (κ3) is 4.39. The summed E-state index contributed by atoms with van der Waals surface area (Å²) >= 11 is 3.42. The van der Waals surface area contributed by atoms with Gasteiger partial charge in [-0.15, -0.1) is 0 Å². The van der Waals surface area contributed by atoms with Crippen LogP contribution in [0.15, 0.2) is 83.3 Å². The monoisotopic (exact) mass is 504 g/mol. The van der Waals surface area contributed by atoms with Crippen molar-refractivity contribution in [3.05, 3.63) is 100 Å². The highest BCUT2D eigenvalue weighted by Gasteiger charge is 2.27. The molecule has 2 nitrogen and oxygen atoms in total. The molecular formula is C28H25BrO2S. The molecule has 0 saturated carbocycles. The second kappa shape index (κ2) is 8.84. The summed E-state index contributed by atoms with van der Waals surface area (Å²) in [5.74, 6) is 0.328. The van der Waals surface area contributed by atoms with E-state index in [1.165, 1.54) is 32.7 Å². The van der Waals surface area contributed by atoms with Crippen LogP contribution in [0.5, 0.6) is 0 Å². The molecule has 32 heavy (non-hydrogen) atoms. The van der Waals surface area contributed by atoms with Crippen molar-refractivity contribution < 1.29 is 8.42 Å². The maximum atomic E-state index is 13.0. The number of hydrogen-bond acceptors (Lipinski definition) is 2. The molecule has 1 aliphatic carbocycles. The maximum absolute atomic E-state index is 13.0. The van der Waals surface area contributed by atoms with Gasteiger partial charge in [0, 0.05) is 4.47 Å². The van der Waals surface area contributed by atoms with E-state index in [4.69, 9.17) is 0 Å². The normalized spacial score (nSPS) is 16.6. The van der Waals surface area contributed by atoms with E-state index < -0.39 is 9.84 Å². The van der Waals surface area contributed by atoms with Crippen LogP contribution in [0, 0.1) is 0 Å². The quantitative estimate of drug-likeness (QED) is 0.267. The molecular weight excluding hydrogens is 480 g/mol. The van der Waals surface area contributed by atoms with E-state index in [0.29, 0.717) is 0 Å². The van der Waals surface area contributed by atoms with Crippen molar-refractivity contribution in [2.24, 2.45) is 0 Å². The van der Waals surface area contributed by atoms with E-state index >= 15 is 0 Å². The summed E-state index contributed by atoms with van der Waals surface area (Å²) in [6.45, 7) is 0. The van der Waals surface area contributed by atoms with E-state index in [9.17, 15) is 8.42 Å². The second-order valence-electron chi connectivity index (χ2n) is 8.64. The minimum Gasteiger partial charge on any atom is -0.228 e. The number of hydrogen-bond donors (Lipinski definition) is 0. The fourth-order valence-corrected chi connectivity index (χ4v) is 6.72. The topological polar surface area (TPSA) is 34.1 Å². The first-order valence-electron chi connectivity index (χ1n) is 11.1. The Bertz CT molecular complexity index is 1420. The van der Waals surface area contributed by atoms with Crippen molar-refractivity contribution in [1.82, 2.24) is 0 Å². The Morgan fingerprint density at radius 3 is 2.50 bits per heavy atom. The Hall–Kier alpha value is -2.43. The zero-order chi connectivity index (χ0) is 22.1. The van der Waals surface area contributed by atoms with Crippen molar-refractivity contribution in [1.29, 1.82) is 0 Å². The number of halogens is 1. The summed E-state index contributed by atoms with van der Waals surface area (Å²) < 4.78 is 27.1. The molecule has 1 atom stereocenters. The van der Waals surface area contributed by atoms with Crippen molar-refractivity contribution >= 4 is 53.4 Å². The lowest BCUT2D eigenvalue weighted by Crippen LogP contribution is -2.21. The summed E-state index contributed by atoms with van der Waals surface area (Å²) in [6, 6.07) is 25.1. The molecule has 1 aliphatic rings. The van der Waals surface area contributed by atoms with Crippen LogP contribution in [0.4, 0.5) is 0 Å². The molecule has 0 fully saturated rings. The van der Waals surface area contributed by atoms with E-state index in [2.05, 4.69) is 64.5 Å². The average molecular weight is 505 g/mol. The molecule has 0 bridgehead atoms. The average Bonchev–Trinajstić information content (AvgIpc) is 2.79. The Morgan fingerprint density at radius 1 is 0.875 bits per heavy atom. The Kier molecular flexibility index (Phi) is 5.92. The van der Waals surface area contributed by atoms with Gasteiger partial charge in [0.1, 0.15) is 0 Å². The summed E-state index contributed by atoms with van der Waals surface area (Å²) in [7, 11) is -3.21. The highest BCUT2D eigenvalue weighted by atomic mass is 79.9. The van der Waals surface area contributed by atoms with Crippen molar-refractivity contribution in [2.45, 2.75) is 25.2 Å². The van der Waals surface area contributed by atoms with Crippen molar-refractivity contribution in [3.8, 4) is 0 Å². The molecule has 4 aromatic carbocycles. The summed E-state index contributed by atoms with van der Waals surface area (Å²) in [6.07, 6.45) is 6.66. The van der Waals surface area contributed by atoms with Gasteiger partial charge in [0.05, 0.1) is 11.5 Å². The van der Waals surface area contributed by atoms with Crippen LogP contribution in [-0.2, 0) is 16.3 Å². The Labute approximate surface area is 198 Å². The minimum absolute atomic E-state index is 0.0506. The SMILES string of the molecule is O=S(=O)(CC=Cc1ccc(Br)cc1)CC1CCCc2ccc3c(ccc4ccccc43)c21. The Morgan fingerprint density at radius 2 is 1.66 bits per heavy atom. The van der Waals surface area contributed by atoms with E-state index in [-0.39, 0.29) is 17.4 Å². The molecule has 0 heterocycles. The molecule has 0 radical (unpaired) electrons. The van der Waals surface area contributed by atoms with Crippen molar-refractivity contribution in [3.63, 3.8) is 0 Å². The molecule has 0 spiro atoms. The van der Waals surface area contributed by atoms with E-state index in [1.54, 1.807) is 6.08 Å². The van der Waals surface area contributed by atoms with Crippen LogP contribution in [0.25, 0.3) is 27.6 Å². The zero-order valence-electron chi connectivity index (χ0n) is 17.8. The van der Waals surface area contributed by atoms with Gasteiger partial charge < -0.3 is 0 Å². The predicted molar refractivity (Wildman–Crippen MR) is 139 cm³/mol. The molecule has 162 valence electrons. The van der Waals surface area contributed by atoms with Crippen LogP contribution in [0.2, 0.25) is 0 Å². The minimum atomic E-state index is -3.21. The number of sulfone groups is 1. The molecule has 4 heteroatoms. The van der Waals surface area contributed by atoms with Crippen LogP contribution >= 0.6 is 15.9 Å². The van der Waals surface area contributed by atoms with E-state index in [1.807, 2.05) is 30.3 Å². The zero-order valence-corrected chi connectivity index (χ0v) is 20.2. The molecule has 4 aromatic rings. The summed E-state index contributed by atoms with van der Waals surface area (Å²) in [5.41, 5.74) is 3.56. The first-order chi connectivity index (χ1) is 15.5. The Balaban J connectivity index is 1.44. The summed E-state index contributed by atoms with van der Waals surface area (Å²) in [5, 5.41) is 4.89. The molecule has 1 unspecified atom stereocenters. The second-order valence-corrected chi connectivity index (χ2v) is 11.7. The maximum Gasteiger partial charge on any atom is 0.154 e. The largest absolute Gasteiger partial charge is 0.228 e. The third-order valence-corrected chi connectivity index (χ3v) is 8.59. The van der Waals surface area contributed by atoms with Gasteiger partial charge >= 0.3 is 0 Å². The predicted octanol–water partition coefficient (Wildman–Crippen LogP) is 7.30. The van der Waals surface area contributed by atoms with Gasteiger partial charge in [0.15, 0.2) is 9.84 Å². The van der Waals surface area contributed by atoms with Gasteiger partial charge in [-0.1, -0.05) is 88.7 Å². The molecule has 0 amide bonds. The van der Waals surface area contributed by atoms with Crippen LogP contribution in [0.3, 0.4) is 0 Å². The lowest BCUT2D eigenvalue weighted by Gasteiger charge is -2.27. The highest BCUT2D eigenvalue weighted by Crippen LogP contribution is 2.39. The first-order valence-corrected chi connectivity index (χ1v) is 13.7. The van der Waals surface area contributed by atoms with Gasteiger partial charge in [-0.3, -0.25) is 0 Å². The van der Waals surface area contributed by atoms with Crippen LogP contribution in [-0.4, -0.2) is 19.9 Å². The van der Waals surface area contributed by atoms with Gasteiger partial charge in [0.2, 0.25) is 0 Å². The number of benzene rings is 4. The number of fused-ring (bicyclic) bond motifs is 5. The van der Waals surface area contributed by atoms with Gasteiger partial charge in [-0.05, 0) is 75.5 Å².